The van der Waals surface area contributed by atoms with E-state index in [-0.39, 0.29) is 48.4 Å². The second-order valence-electron chi connectivity index (χ2n) is 0.500. The Bertz CT molecular complexity index is 6.85. The van der Waals surface area contributed by atoms with Crippen molar-refractivity contribution in [1.82, 2.24) is 0 Å². The first-order valence-corrected chi connectivity index (χ1v) is 1.21. The van der Waals surface area contributed by atoms with Crippen molar-refractivity contribution in [2.24, 2.45) is 0 Å². The van der Waals surface area contributed by atoms with E-state index in [1.54, 1.807) is 0 Å². The molecule has 0 amide bonds. The van der Waals surface area contributed by atoms with Crippen molar-refractivity contribution in [3.8, 4) is 0 Å². The van der Waals surface area contributed by atoms with E-state index in [1.807, 2.05) is 6.92 Å². The van der Waals surface area contributed by atoms with E-state index in [4.69, 9.17) is 0 Å². The molecule has 5 heavy (non-hydrogen) atoms. The van der Waals surface area contributed by atoms with Gasteiger partial charge in [-0.2, -0.15) is 0 Å². The molecule has 0 unspecified atom stereocenters. The van der Waals surface area contributed by atoms with Crippen LogP contribution in [0.4, 0.5) is 0 Å². The van der Waals surface area contributed by atoms with Gasteiger partial charge in [0.1, 0.15) is 0 Å². The average Bonchev–Trinajstić information content (AvgIpc) is 0.918. The summed E-state index contributed by atoms with van der Waals surface area (Å²) < 4.78 is 0. The molecule has 0 N–H and O–H groups in total. The third-order valence-electron chi connectivity index (χ3n) is 0. The molecule has 0 spiro atoms. The zero-order valence-corrected chi connectivity index (χ0v) is 2.41. The van der Waals surface area contributed by atoms with Gasteiger partial charge in [0.25, 0.3) is 0 Å². The van der Waals surface area contributed by atoms with Crippen LogP contribution in [0.5, 0.6) is 0 Å². The van der Waals surface area contributed by atoms with Crippen molar-refractivity contribution in [1.29, 1.82) is 0 Å². The molecule has 0 rings (SSSR count). The molecule has 0 bridgehead atoms. The summed E-state index contributed by atoms with van der Waals surface area (Å²) in [6, 6.07) is 0. The maximum atomic E-state index is 3.49. The van der Waals surface area contributed by atoms with Crippen LogP contribution in [0, 0.1) is 6.92 Å². The molecule has 2 heteroatoms. The van der Waals surface area contributed by atoms with Crippen LogP contribution in [0.15, 0.2) is 0 Å². The standard InChI is InChI=1S/C3H7.Li.Na.2H/c1-3-2;;;;/h1,3H2,2H3;;;;. The van der Waals surface area contributed by atoms with Crippen LogP contribution in [0.25, 0.3) is 0 Å². The SMILES string of the molecule is [CH2]CC.[LiH].[NaH]. The van der Waals surface area contributed by atoms with Gasteiger partial charge in [0.05, 0.1) is 0 Å². The van der Waals surface area contributed by atoms with Gasteiger partial charge in [-0.25, -0.2) is 0 Å². The molecule has 0 aliphatic heterocycles. The van der Waals surface area contributed by atoms with Gasteiger partial charge in [-0.1, -0.05) is 20.3 Å². The molecule has 0 aromatic rings. The summed E-state index contributed by atoms with van der Waals surface area (Å²) in [5, 5.41) is 0. The average molecular weight is 75.0 g/mol. The Labute approximate surface area is 68.2 Å². The summed E-state index contributed by atoms with van der Waals surface area (Å²) in [7, 11) is 0. The van der Waals surface area contributed by atoms with Crippen molar-refractivity contribution >= 4 is 48.4 Å². The van der Waals surface area contributed by atoms with Gasteiger partial charge in [-0.3, -0.25) is 0 Å². The topological polar surface area (TPSA) is 0 Å². The number of rotatable bonds is 0. The van der Waals surface area contributed by atoms with Crippen LogP contribution in [0.1, 0.15) is 13.3 Å². The minimum atomic E-state index is 0. The number of hydrogen-bond donors (Lipinski definition) is 0. The van der Waals surface area contributed by atoms with Gasteiger partial charge >= 0.3 is 48.4 Å². The van der Waals surface area contributed by atoms with Crippen molar-refractivity contribution in [3.63, 3.8) is 0 Å². The van der Waals surface area contributed by atoms with E-state index in [0.717, 1.165) is 6.42 Å². The molecule has 0 saturated heterocycles. The van der Waals surface area contributed by atoms with Crippen molar-refractivity contribution in [3.05, 3.63) is 6.92 Å². The Morgan fingerprint density at radius 3 is 1.60 bits per heavy atom. The van der Waals surface area contributed by atoms with E-state index in [9.17, 15) is 0 Å². The van der Waals surface area contributed by atoms with Crippen molar-refractivity contribution < 1.29 is 0 Å². The van der Waals surface area contributed by atoms with E-state index in [2.05, 4.69) is 6.92 Å². The molecule has 0 aromatic heterocycles. The van der Waals surface area contributed by atoms with Crippen LogP contribution in [-0.2, 0) is 0 Å². The molecular weight excluding hydrogens is 66.0 g/mol. The van der Waals surface area contributed by atoms with E-state index < -0.39 is 0 Å². The minimum absolute atomic E-state index is 0. The van der Waals surface area contributed by atoms with Crippen LogP contribution in [0.2, 0.25) is 0 Å². The van der Waals surface area contributed by atoms with Gasteiger partial charge in [-0.05, 0) is 0 Å². The Balaban J connectivity index is -0.0000000200. The molecule has 0 saturated carbocycles. The summed E-state index contributed by atoms with van der Waals surface area (Å²) >= 11 is 0. The normalized spacial score (nSPS) is 3.60. The summed E-state index contributed by atoms with van der Waals surface area (Å²) in [5.74, 6) is 0. The van der Waals surface area contributed by atoms with Gasteiger partial charge in [-0.15, -0.1) is 0 Å². The fraction of sp³-hybridized carbons (Fsp3) is 0.667. The Morgan fingerprint density at radius 2 is 1.60 bits per heavy atom. The first-order valence-electron chi connectivity index (χ1n) is 1.21. The van der Waals surface area contributed by atoms with Crippen molar-refractivity contribution in [2.75, 3.05) is 0 Å². The molecule has 23 valence electrons. The first kappa shape index (κ1) is 16.0. The zero-order chi connectivity index (χ0) is 2.71. The second-order valence-corrected chi connectivity index (χ2v) is 0.500. The predicted molar refractivity (Wildman–Crippen MR) is 29.9 cm³/mol. The molecule has 0 fully saturated rings. The van der Waals surface area contributed by atoms with E-state index >= 15 is 0 Å². The fourth-order valence-electron chi connectivity index (χ4n) is 0. The Kier molecular flexibility index (Phi) is 56.0. The van der Waals surface area contributed by atoms with Crippen LogP contribution >= 0.6 is 0 Å². The molecule has 0 nitrogen and oxygen atoms in total. The molecule has 0 aromatic carbocycles. The molecular formula is C3H9LiNa. The summed E-state index contributed by atoms with van der Waals surface area (Å²) in [5.41, 5.74) is 0. The molecule has 0 aliphatic rings. The third kappa shape index (κ3) is 28.4. The quantitative estimate of drug-likeness (QED) is 0.354. The molecule has 1 radical (unpaired) electrons. The Morgan fingerprint density at radius 1 is 1.60 bits per heavy atom. The third-order valence-corrected chi connectivity index (χ3v) is 0. The monoisotopic (exact) mass is 75.1 g/mol. The van der Waals surface area contributed by atoms with Gasteiger partial charge in [0.15, 0.2) is 0 Å². The van der Waals surface area contributed by atoms with Gasteiger partial charge in [0, 0.05) is 0 Å². The molecule has 0 atom stereocenters. The predicted octanol–water partition coefficient (Wildman–Crippen LogP) is -0.0665. The summed E-state index contributed by atoms with van der Waals surface area (Å²) in [6.07, 6.45) is 1.00. The van der Waals surface area contributed by atoms with E-state index in [0.29, 0.717) is 0 Å². The summed E-state index contributed by atoms with van der Waals surface area (Å²) in [6.45, 7) is 5.50. The fourth-order valence-corrected chi connectivity index (χ4v) is 0. The van der Waals surface area contributed by atoms with Crippen LogP contribution in [-0.4, -0.2) is 48.4 Å². The van der Waals surface area contributed by atoms with E-state index in [1.165, 1.54) is 0 Å². The van der Waals surface area contributed by atoms with Crippen LogP contribution < -0.4 is 0 Å². The molecule has 0 heterocycles. The molecule has 0 aliphatic carbocycles. The maximum absolute atomic E-state index is 3.49. The van der Waals surface area contributed by atoms with Crippen LogP contribution in [0.3, 0.4) is 0 Å². The van der Waals surface area contributed by atoms with Crippen molar-refractivity contribution in [2.45, 2.75) is 13.3 Å². The van der Waals surface area contributed by atoms with Gasteiger partial charge < -0.3 is 0 Å². The van der Waals surface area contributed by atoms with Gasteiger partial charge in [0.2, 0.25) is 0 Å². The summed E-state index contributed by atoms with van der Waals surface area (Å²) in [4.78, 5) is 0. The Hall–Kier alpha value is 1.60. The number of hydrogen-bond acceptors (Lipinski definition) is 0. The second kappa shape index (κ2) is 17.5. The zero-order valence-electron chi connectivity index (χ0n) is 2.41. The first-order chi connectivity index (χ1) is 1.41.